The van der Waals surface area contributed by atoms with Gasteiger partial charge in [-0.15, -0.1) is 0 Å². The Bertz CT molecular complexity index is 223. The van der Waals surface area contributed by atoms with Crippen LogP contribution in [0.25, 0.3) is 0 Å². The minimum atomic E-state index is -4.29. The summed E-state index contributed by atoms with van der Waals surface area (Å²) in [5.41, 5.74) is 5.44. The molecular weight excluding hydrogens is 221 g/mol. The first-order valence-corrected chi connectivity index (χ1v) is 5.43. The molecule has 0 aromatic rings. The van der Waals surface area contributed by atoms with Gasteiger partial charge in [0.15, 0.2) is 0 Å². The summed E-state index contributed by atoms with van der Waals surface area (Å²) in [7, 11) is 0. The molecule has 0 aliphatic carbocycles. The summed E-state index contributed by atoms with van der Waals surface area (Å²) >= 11 is 0. The first-order valence-electron chi connectivity index (χ1n) is 5.43. The molecule has 0 amide bonds. The number of hydrogen-bond donors (Lipinski definition) is 1. The van der Waals surface area contributed by atoms with Crippen molar-refractivity contribution in [3.05, 3.63) is 0 Å². The fourth-order valence-electron chi connectivity index (χ4n) is 2.28. The Kier molecular flexibility index (Phi) is 4.20. The van der Waals surface area contributed by atoms with Crippen LogP contribution >= 0.6 is 0 Å². The number of rotatable bonds is 2. The highest BCUT2D eigenvalue weighted by Crippen LogP contribution is 2.28. The zero-order valence-corrected chi connectivity index (χ0v) is 9.79. The number of nitrogens with zero attached hydrogens (tertiary/aromatic N) is 1. The van der Waals surface area contributed by atoms with E-state index >= 15 is 0 Å². The van der Waals surface area contributed by atoms with Gasteiger partial charge < -0.3 is 10.5 Å². The van der Waals surface area contributed by atoms with Crippen molar-refractivity contribution in [3.63, 3.8) is 0 Å². The van der Waals surface area contributed by atoms with Crippen molar-refractivity contribution in [2.45, 2.75) is 51.2 Å². The summed E-state index contributed by atoms with van der Waals surface area (Å²) in [4.78, 5) is 1.38. The van der Waals surface area contributed by atoms with Crippen molar-refractivity contribution in [2.75, 3.05) is 13.1 Å². The molecule has 0 radical (unpaired) electrons. The van der Waals surface area contributed by atoms with Gasteiger partial charge in [0.1, 0.15) is 6.04 Å². The summed E-state index contributed by atoms with van der Waals surface area (Å²) < 4.78 is 44.0. The smallest absolute Gasteiger partial charge is 0.373 e. The van der Waals surface area contributed by atoms with E-state index in [1.807, 2.05) is 0 Å². The van der Waals surface area contributed by atoms with E-state index in [-0.39, 0.29) is 25.3 Å². The van der Waals surface area contributed by atoms with Crippen LogP contribution in [-0.2, 0) is 4.74 Å². The highest BCUT2D eigenvalue weighted by molar-refractivity contribution is 4.89. The van der Waals surface area contributed by atoms with Gasteiger partial charge in [0.25, 0.3) is 0 Å². The van der Waals surface area contributed by atoms with E-state index < -0.39 is 18.3 Å². The van der Waals surface area contributed by atoms with E-state index in [4.69, 9.17) is 10.5 Å². The Morgan fingerprint density at radius 3 is 2.00 bits per heavy atom. The standard InChI is InChI=1S/C10H19F3N2O/c1-6-4-15(5-7(2)16-6)9(8(3)14)10(11,12)13/h6-9H,4-5,14H2,1-3H3/t6-,7-,8+,9-/m0/s1. The van der Waals surface area contributed by atoms with E-state index in [0.717, 1.165) is 0 Å². The Hall–Kier alpha value is -0.330. The molecule has 1 aliphatic heterocycles. The zero-order chi connectivity index (χ0) is 12.5. The van der Waals surface area contributed by atoms with Crippen LogP contribution in [0.15, 0.2) is 0 Å². The largest absolute Gasteiger partial charge is 0.405 e. The van der Waals surface area contributed by atoms with Crippen molar-refractivity contribution < 1.29 is 17.9 Å². The van der Waals surface area contributed by atoms with Crippen LogP contribution in [-0.4, -0.2) is 48.5 Å². The molecule has 0 aromatic heterocycles. The highest BCUT2D eigenvalue weighted by Gasteiger charge is 2.47. The van der Waals surface area contributed by atoms with Crippen molar-refractivity contribution in [1.29, 1.82) is 0 Å². The molecule has 16 heavy (non-hydrogen) atoms. The Morgan fingerprint density at radius 2 is 1.69 bits per heavy atom. The average molecular weight is 240 g/mol. The lowest BCUT2D eigenvalue weighted by molar-refractivity contribution is -0.206. The Labute approximate surface area is 93.7 Å². The molecule has 0 aromatic carbocycles. The molecule has 1 saturated heterocycles. The molecule has 6 heteroatoms. The summed E-state index contributed by atoms with van der Waals surface area (Å²) in [5.74, 6) is 0. The second-order valence-corrected chi connectivity index (χ2v) is 4.56. The van der Waals surface area contributed by atoms with Gasteiger partial charge in [0, 0.05) is 19.1 Å². The monoisotopic (exact) mass is 240 g/mol. The predicted octanol–water partition coefficient (Wildman–Crippen LogP) is 1.37. The van der Waals surface area contributed by atoms with Gasteiger partial charge in [-0.2, -0.15) is 13.2 Å². The van der Waals surface area contributed by atoms with Crippen LogP contribution < -0.4 is 5.73 Å². The van der Waals surface area contributed by atoms with Gasteiger partial charge >= 0.3 is 6.18 Å². The molecule has 96 valence electrons. The van der Waals surface area contributed by atoms with E-state index in [9.17, 15) is 13.2 Å². The molecule has 1 fully saturated rings. The third-order valence-electron chi connectivity index (χ3n) is 2.67. The summed E-state index contributed by atoms with van der Waals surface area (Å²) in [6.07, 6.45) is -4.66. The molecule has 0 spiro atoms. The van der Waals surface area contributed by atoms with Crippen LogP contribution in [0.2, 0.25) is 0 Å². The Morgan fingerprint density at radius 1 is 1.25 bits per heavy atom. The van der Waals surface area contributed by atoms with Gasteiger partial charge in [-0.3, -0.25) is 4.90 Å². The predicted molar refractivity (Wildman–Crippen MR) is 55.1 cm³/mol. The maximum absolute atomic E-state index is 12.8. The van der Waals surface area contributed by atoms with E-state index in [0.29, 0.717) is 0 Å². The number of hydrogen-bond acceptors (Lipinski definition) is 3. The van der Waals surface area contributed by atoms with Gasteiger partial charge in [-0.05, 0) is 20.8 Å². The number of ether oxygens (including phenoxy) is 1. The molecule has 1 heterocycles. The van der Waals surface area contributed by atoms with Crippen LogP contribution in [0.1, 0.15) is 20.8 Å². The van der Waals surface area contributed by atoms with Crippen LogP contribution in [0.5, 0.6) is 0 Å². The first-order chi connectivity index (χ1) is 7.21. The van der Waals surface area contributed by atoms with Gasteiger partial charge in [0.2, 0.25) is 0 Å². The maximum Gasteiger partial charge on any atom is 0.405 e. The number of alkyl halides is 3. The van der Waals surface area contributed by atoms with Crippen LogP contribution in [0, 0.1) is 0 Å². The first kappa shape index (κ1) is 13.7. The minimum Gasteiger partial charge on any atom is -0.373 e. The lowest BCUT2D eigenvalue weighted by Gasteiger charge is -2.42. The van der Waals surface area contributed by atoms with E-state index in [1.54, 1.807) is 13.8 Å². The van der Waals surface area contributed by atoms with Gasteiger partial charge in [0.05, 0.1) is 12.2 Å². The lowest BCUT2D eigenvalue weighted by Crippen LogP contribution is -2.60. The quantitative estimate of drug-likeness (QED) is 0.792. The molecule has 1 rings (SSSR count). The summed E-state index contributed by atoms with van der Waals surface area (Å²) in [5, 5.41) is 0. The van der Waals surface area contributed by atoms with Crippen LogP contribution in [0.3, 0.4) is 0 Å². The zero-order valence-electron chi connectivity index (χ0n) is 9.79. The summed E-state index contributed by atoms with van der Waals surface area (Å²) in [6.45, 7) is 5.49. The van der Waals surface area contributed by atoms with E-state index in [2.05, 4.69) is 0 Å². The number of nitrogens with two attached hydrogens (primary N) is 1. The number of halogens is 3. The van der Waals surface area contributed by atoms with Crippen LogP contribution in [0.4, 0.5) is 13.2 Å². The second kappa shape index (κ2) is 4.89. The molecular formula is C10H19F3N2O. The molecule has 4 atom stereocenters. The maximum atomic E-state index is 12.8. The topological polar surface area (TPSA) is 38.5 Å². The third-order valence-corrected chi connectivity index (χ3v) is 2.67. The van der Waals surface area contributed by atoms with E-state index in [1.165, 1.54) is 11.8 Å². The summed E-state index contributed by atoms with van der Waals surface area (Å²) in [6, 6.07) is -2.52. The molecule has 0 saturated carbocycles. The lowest BCUT2D eigenvalue weighted by atomic mass is 10.1. The normalized spacial score (nSPS) is 32.4. The fourth-order valence-corrected chi connectivity index (χ4v) is 2.28. The molecule has 1 aliphatic rings. The second-order valence-electron chi connectivity index (χ2n) is 4.56. The molecule has 0 unspecified atom stereocenters. The van der Waals surface area contributed by atoms with Crippen molar-refractivity contribution in [2.24, 2.45) is 5.73 Å². The minimum absolute atomic E-state index is 0.188. The fraction of sp³-hybridized carbons (Fsp3) is 1.00. The van der Waals surface area contributed by atoms with Crippen molar-refractivity contribution in [1.82, 2.24) is 4.90 Å². The van der Waals surface area contributed by atoms with Crippen molar-refractivity contribution in [3.8, 4) is 0 Å². The van der Waals surface area contributed by atoms with Crippen molar-refractivity contribution >= 4 is 0 Å². The average Bonchev–Trinajstić information content (AvgIpc) is 1.96. The molecule has 0 bridgehead atoms. The number of morpholine rings is 1. The highest BCUT2D eigenvalue weighted by atomic mass is 19.4. The molecule has 3 nitrogen and oxygen atoms in total. The van der Waals surface area contributed by atoms with Gasteiger partial charge in [-0.25, -0.2) is 0 Å². The third kappa shape index (κ3) is 3.33. The Balaban J connectivity index is 2.78. The SMILES string of the molecule is C[C@H]1CN([C@@H]([C@@H](C)N)C(F)(F)F)C[C@H](C)O1. The molecule has 2 N–H and O–H groups in total. The van der Waals surface area contributed by atoms with Gasteiger partial charge in [-0.1, -0.05) is 0 Å².